The predicted octanol–water partition coefficient (Wildman–Crippen LogP) is 0.417. The lowest BCUT2D eigenvalue weighted by atomic mass is 10.0. The molecule has 0 aliphatic carbocycles. The SMILES string of the molecule is C[C@](N)(CCCl)C(=O)O. The number of alkyl halides is 1. The lowest BCUT2D eigenvalue weighted by Crippen LogP contribution is -2.45. The summed E-state index contributed by atoms with van der Waals surface area (Å²) in [7, 11) is 0. The van der Waals surface area contributed by atoms with Gasteiger partial charge in [0, 0.05) is 5.88 Å². The van der Waals surface area contributed by atoms with Gasteiger partial charge in [-0.25, -0.2) is 0 Å². The first-order valence-corrected chi connectivity index (χ1v) is 3.12. The highest BCUT2D eigenvalue weighted by Crippen LogP contribution is 2.05. The van der Waals surface area contributed by atoms with Crippen LogP contribution in [0.4, 0.5) is 0 Å². The van der Waals surface area contributed by atoms with E-state index in [4.69, 9.17) is 22.4 Å². The third kappa shape index (κ3) is 2.67. The monoisotopic (exact) mass is 151 g/mol. The summed E-state index contributed by atoms with van der Waals surface area (Å²) in [5.41, 5.74) is 4.12. The molecule has 0 aromatic heterocycles. The first kappa shape index (κ1) is 8.72. The molecular formula is C5H10ClNO2. The van der Waals surface area contributed by atoms with Crippen LogP contribution in [0.15, 0.2) is 0 Å². The van der Waals surface area contributed by atoms with E-state index in [9.17, 15) is 4.79 Å². The van der Waals surface area contributed by atoms with Crippen LogP contribution in [0.2, 0.25) is 0 Å². The standard InChI is InChI=1S/C5H10ClNO2/c1-5(7,2-3-6)4(8)9/h2-3,7H2,1H3,(H,8,9)/t5-/m0/s1. The van der Waals surface area contributed by atoms with E-state index in [1.54, 1.807) is 0 Å². The minimum atomic E-state index is -1.16. The van der Waals surface area contributed by atoms with Gasteiger partial charge in [0.1, 0.15) is 5.54 Å². The van der Waals surface area contributed by atoms with E-state index in [1.165, 1.54) is 6.92 Å². The molecule has 0 saturated heterocycles. The first-order valence-electron chi connectivity index (χ1n) is 2.59. The average molecular weight is 152 g/mol. The summed E-state index contributed by atoms with van der Waals surface area (Å²) in [4.78, 5) is 10.2. The van der Waals surface area contributed by atoms with E-state index in [0.717, 1.165) is 0 Å². The van der Waals surface area contributed by atoms with Crippen LogP contribution >= 0.6 is 11.6 Å². The van der Waals surface area contributed by atoms with Gasteiger partial charge in [0.05, 0.1) is 0 Å². The van der Waals surface area contributed by atoms with Crippen molar-refractivity contribution in [3.05, 3.63) is 0 Å². The number of carbonyl (C=O) groups is 1. The Balaban J connectivity index is 3.85. The Morgan fingerprint density at radius 3 is 2.44 bits per heavy atom. The van der Waals surface area contributed by atoms with Crippen molar-refractivity contribution in [3.8, 4) is 0 Å². The van der Waals surface area contributed by atoms with Crippen LogP contribution in [0.1, 0.15) is 13.3 Å². The van der Waals surface area contributed by atoms with Crippen LogP contribution in [-0.4, -0.2) is 22.5 Å². The summed E-state index contributed by atoms with van der Waals surface area (Å²) in [5, 5.41) is 8.39. The van der Waals surface area contributed by atoms with E-state index in [0.29, 0.717) is 6.42 Å². The van der Waals surface area contributed by atoms with Gasteiger partial charge in [-0.3, -0.25) is 4.79 Å². The van der Waals surface area contributed by atoms with Gasteiger partial charge in [-0.2, -0.15) is 0 Å². The zero-order valence-corrected chi connectivity index (χ0v) is 5.98. The molecule has 4 heteroatoms. The molecule has 0 bridgehead atoms. The number of hydrogen-bond acceptors (Lipinski definition) is 2. The Labute approximate surface area is 58.8 Å². The third-order valence-electron chi connectivity index (χ3n) is 1.10. The molecular weight excluding hydrogens is 142 g/mol. The van der Waals surface area contributed by atoms with Crippen LogP contribution in [0.5, 0.6) is 0 Å². The second-order valence-electron chi connectivity index (χ2n) is 2.16. The molecule has 0 heterocycles. The summed E-state index contributed by atoms with van der Waals surface area (Å²) in [5.74, 6) is -0.734. The predicted molar refractivity (Wildman–Crippen MR) is 35.6 cm³/mol. The van der Waals surface area contributed by atoms with Gasteiger partial charge in [0.25, 0.3) is 0 Å². The van der Waals surface area contributed by atoms with Crippen LogP contribution in [0.25, 0.3) is 0 Å². The van der Waals surface area contributed by atoms with Gasteiger partial charge in [-0.15, -0.1) is 11.6 Å². The topological polar surface area (TPSA) is 63.3 Å². The van der Waals surface area contributed by atoms with Crippen molar-refractivity contribution in [2.24, 2.45) is 5.73 Å². The molecule has 0 aliphatic rings. The number of halogens is 1. The van der Waals surface area contributed by atoms with Crippen molar-refractivity contribution >= 4 is 17.6 Å². The molecule has 0 fully saturated rings. The van der Waals surface area contributed by atoms with Gasteiger partial charge < -0.3 is 10.8 Å². The van der Waals surface area contributed by atoms with Crippen molar-refractivity contribution < 1.29 is 9.90 Å². The number of rotatable bonds is 3. The van der Waals surface area contributed by atoms with Gasteiger partial charge >= 0.3 is 5.97 Å². The maximum absolute atomic E-state index is 10.2. The summed E-state index contributed by atoms with van der Waals surface area (Å²) in [6.07, 6.45) is 0.296. The minimum Gasteiger partial charge on any atom is -0.480 e. The van der Waals surface area contributed by atoms with Crippen LogP contribution in [-0.2, 0) is 4.79 Å². The van der Waals surface area contributed by atoms with Crippen molar-refractivity contribution in [1.82, 2.24) is 0 Å². The molecule has 3 nitrogen and oxygen atoms in total. The lowest BCUT2D eigenvalue weighted by Gasteiger charge is -2.16. The second kappa shape index (κ2) is 3.03. The van der Waals surface area contributed by atoms with E-state index in [-0.39, 0.29) is 5.88 Å². The van der Waals surface area contributed by atoms with Gasteiger partial charge in [0.2, 0.25) is 0 Å². The molecule has 0 unspecified atom stereocenters. The van der Waals surface area contributed by atoms with E-state index < -0.39 is 11.5 Å². The Bertz CT molecular complexity index is 114. The molecule has 1 atom stereocenters. The van der Waals surface area contributed by atoms with Crippen LogP contribution in [0, 0.1) is 0 Å². The van der Waals surface area contributed by atoms with E-state index >= 15 is 0 Å². The smallest absolute Gasteiger partial charge is 0.323 e. The van der Waals surface area contributed by atoms with E-state index in [2.05, 4.69) is 0 Å². The Morgan fingerprint density at radius 1 is 1.89 bits per heavy atom. The largest absolute Gasteiger partial charge is 0.480 e. The zero-order chi connectivity index (χ0) is 7.49. The van der Waals surface area contributed by atoms with E-state index in [1.807, 2.05) is 0 Å². The number of carboxylic acid groups (broad SMARTS) is 1. The van der Waals surface area contributed by atoms with Crippen molar-refractivity contribution in [2.45, 2.75) is 18.9 Å². The Kier molecular flexibility index (Phi) is 2.94. The summed E-state index contributed by atoms with van der Waals surface area (Å²) < 4.78 is 0. The molecule has 0 aromatic carbocycles. The molecule has 0 rings (SSSR count). The zero-order valence-electron chi connectivity index (χ0n) is 5.22. The summed E-state index contributed by atoms with van der Waals surface area (Å²) >= 11 is 5.29. The Hall–Kier alpha value is -0.280. The van der Waals surface area contributed by atoms with Crippen LogP contribution in [0.3, 0.4) is 0 Å². The molecule has 3 N–H and O–H groups in total. The molecule has 0 saturated carbocycles. The minimum absolute atomic E-state index is 0.277. The van der Waals surface area contributed by atoms with Crippen molar-refractivity contribution in [3.63, 3.8) is 0 Å². The van der Waals surface area contributed by atoms with Gasteiger partial charge in [-0.1, -0.05) is 0 Å². The first-order chi connectivity index (χ1) is 4.00. The lowest BCUT2D eigenvalue weighted by molar-refractivity contribution is -0.142. The fraction of sp³-hybridized carbons (Fsp3) is 0.800. The fourth-order valence-electron chi connectivity index (χ4n) is 0.303. The fourth-order valence-corrected chi connectivity index (χ4v) is 0.696. The normalized spacial score (nSPS) is 16.8. The molecule has 0 amide bonds. The highest BCUT2D eigenvalue weighted by Gasteiger charge is 2.26. The van der Waals surface area contributed by atoms with Crippen LogP contribution < -0.4 is 5.73 Å². The molecule has 0 spiro atoms. The number of hydrogen-bond donors (Lipinski definition) is 2. The van der Waals surface area contributed by atoms with Gasteiger partial charge in [-0.05, 0) is 13.3 Å². The third-order valence-corrected chi connectivity index (χ3v) is 1.29. The summed E-state index contributed by atoms with van der Waals surface area (Å²) in [6.45, 7) is 1.44. The maximum atomic E-state index is 10.2. The molecule has 54 valence electrons. The Morgan fingerprint density at radius 2 is 2.33 bits per heavy atom. The van der Waals surface area contributed by atoms with Crippen molar-refractivity contribution in [2.75, 3.05) is 5.88 Å². The second-order valence-corrected chi connectivity index (χ2v) is 2.54. The van der Waals surface area contributed by atoms with Crippen molar-refractivity contribution in [1.29, 1.82) is 0 Å². The highest BCUT2D eigenvalue weighted by molar-refractivity contribution is 6.18. The number of aliphatic carboxylic acids is 1. The maximum Gasteiger partial charge on any atom is 0.323 e. The summed E-state index contributed by atoms with van der Waals surface area (Å²) in [6, 6.07) is 0. The molecule has 0 aliphatic heterocycles. The number of nitrogens with two attached hydrogens (primary N) is 1. The molecule has 0 aromatic rings. The average Bonchev–Trinajstić information content (AvgIpc) is 1.65. The quantitative estimate of drug-likeness (QED) is 0.575. The van der Waals surface area contributed by atoms with Gasteiger partial charge in [0.15, 0.2) is 0 Å². The molecule has 9 heavy (non-hydrogen) atoms. The number of carboxylic acids is 1. The molecule has 0 radical (unpaired) electrons. The highest BCUT2D eigenvalue weighted by atomic mass is 35.5.